The van der Waals surface area contributed by atoms with Crippen LogP contribution in [0, 0.1) is 0 Å². The second-order valence-corrected chi connectivity index (χ2v) is 12.5. The number of hydrogen-bond acceptors (Lipinski definition) is 3. The maximum Gasteiger partial charge on any atom is 0.160 e. The lowest BCUT2D eigenvalue weighted by molar-refractivity contribution is 0.669. The van der Waals surface area contributed by atoms with Gasteiger partial charge >= 0.3 is 0 Å². The van der Waals surface area contributed by atoms with Gasteiger partial charge in [0.15, 0.2) is 5.82 Å². The normalized spacial score (nSPS) is 12.2. The van der Waals surface area contributed by atoms with Crippen molar-refractivity contribution in [3.63, 3.8) is 0 Å². The first-order valence-corrected chi connectivity index (χ1v) is 16.3. The first-order chi connectivity index (χ1) is 23.8. The number of nitrogens with zero attached hydrogens (tertiary/aromatic N) is 3. The Morgan fingerprint density at radius 3 is 1.85 bits per heavy atom. The molecule has 0 N–H and O–H groups in total. The fourth-order valence-corrected chi connectivity index (χ4v) is 7.92. The minimum absolute atomic E-state index is 0.721. The lowest BCUT2D eigenvalue weighted by atomic mass is 9.95. The highest BCUT2D eigenvalue weighted by atomic mass is 16.3. The molecule has 4 heteroatoms. The van der Waals surface area contributed by atoms with Crippen molar-refractivity contribution < 1.29 is 4.42 Å². The topological polar surface area (TPSA) is 43.9 Å². The third-order valence-electron chi connectivity index (χ3n) is 9.94. The second-order valence-electron chi connectivity index (χ2n) is 12.5. The molecule has 0 atom stereocenters. The molecule has 222 valence electrons. The van der Waals surface area contributed by atoms with Crippen molar-refractivity contribution in [2.45, 2.75) is 0 Å². The Labute approximate surface area is 274 Å². The van der Waals surface area contributed by atoms with E-state index in [1.165, 1.54) is 43.1 Å². The van der Waals surface area contributed by atoms with Gasteiger partial charge in [0.05, 0.1) is 22.2 Å². The molecule has 11 aromatic rings. The molecular weight excluding hydrogens is 587 g/mol. The van der Waals surface area contributed by atoms with Gasteiger partial charge in [-0.15, -0.1) is 0 Å². The molecule has 3 aromatic heterocycles. The van der Waals surface area contributed by atoms with E-state index in [9.17, 15) is 0 Å². The molecule has 0 saturated heterocycles. The summed E-state index contributed by atoms with van der Waals surface area (Å²) in [7, 11) is 0. The van der Waals surface area contributed by atoms with Gasteiger partial charge in [0.25, 0.3) is 0 Å². The summed E-state index contributed by atoms with van der Waals surface area (Å²) in [5, 5.41) is 10.7. The van der Waals surface area contributed by atoms with E-state index in [2.05, 4.69) is 132 Å². The van der Waals surface area contributed by atoms with E-state index in [-0.39, 0.29) is 0 Å². The predicted molar refractivity (Wildman–Crippen MR) is 198 cm³/mol. The van der Waals surface area contributed by atoms with E-state index in [4.69, 9.17) is 14.4 Å². The Morgan fingerprint density at radius 2 is 1.06 bits per heavy atom. The summed E-state index contributed by atoms with van der Waals surface area (Å²) in [6, 6.07) is 53.5. The second kappa shape index (κ2) is 9.50. The van der Waals surface area contributed by atoms with Crippen LogP contribution in [-0.2, 0) is 0 Å². The zero-order chi connectivity index (χ0) is 31.3. The molecule has 48 heavy (non-hydrogen) atoms. The van der Waals surface area contributed by atoms with Gasteiger partial charge in [-0.25, -0.2) is 9.97 Å². The molecular formula is C44H25N3O. The average Bonchev–Trinajstić information content (AvgIpc) is 3.70. The van der Waals surface area contributed by atoms with E-state index >= 15 is 0 Å². The molecule has 0 bridgehead atoms. The smallest absolute Gasteiger partial charge is 0.160 e. The minimum atomic E-state index is 0.721. The fraction of sp³-hybridized carbons (Fsp3) is 0. The standard InChI is InChI=1S/C44H25N3O/c1-3-11-26(12-4-1)43-33-25-28(21-22-34(33)45-44(46-43)27-13-5-2-6-14-27)47-35-19-9-17-31-29-15-7-8-16-30(29)32-18-10-20-37-40(32)42-38(48-37)24-23-36(47)41(42)39(31)35/h1-25H. The summed E-state index contributed by atoms with van der Waals surface area (Å²) in [6.07, 6.45) is 0. The summed E-state index contributed by atoms with van der Waals surface area (Å²) < 4.78 is 8.95. The van der Waals surface area contributed by atoms with Gasteiger partial charge < -0.3 is 8.98 Å². The van der Waals surface area contributed by atoms with Crippen LogP contribution >= 0.6 is 0 Å². The Morgan fingerprint density at radius 1 is 0.417 bits per heavy atom. The summed E-state index contributed by atoms with van der Waals surface area (Å²) >= 11 is 0. The first kappa shape index (κ1) is 25.6. The molecule has 11 rings (SSSR count). The SMILES string of the molecule is c1ccc(-c2nc(-c3ccccc3)c3cc(-n4c5cccc6c7ccccc7c7cccc8oc9ccc4c(c9c87)c65)ccc3n2)cc1. The van der Waals surface area contributed by atoms with Crippen molar-refractivity contribution >= 4 is 76.2 Å². The number of furan rings is 1. The van der Waals surface area contributed by atoms with E-state index in [0.717, 1.165) is 61.4 Å². The first-order valence-electron chi connectivity index (χ1n) is 16.3. The maximum atomic E-state index is 6.55. The van der Waals surface area contributed by atoms with Gasteiger partial charge in [0.1, 0.15) is 11.2 Å². The monoisotopic (exact) mass is 611 g/mol. The van der Waals surface area contributed by atoms with Crippen LogP contribution in [0.1, 0.15) is 0 Å². The number of benzene rings is 7. The number of fused-ring (bicyclic) bond motifs is 4. The van der Waals surface area contributed by atoms with Gasteiger partial charge in [-0.05, 0) is 64.0 Å². The molecule has 0 spiro atoms. The summed E-state index contributed by atoms with van der Waals surface area (Å²) in [6.45, 7) is 0. The van der Waals surface area contributed by atoms with E-state index in [0.29, 0.717) is 0 Å². The van der Waals surface area contributed by atoms with E-state index in [1.807, 2.05) is 24.3 Å². The van der Waals surface area contributed by atoms with Crippen LogP contribution in [0.25, 0.3) is 105 Å². The zero-order valence-electron chi connectivity index (χ0n) is 25.7. The highest BCUT2D eigenvalue weighted by Crippen LogP contribution is 2.47. The quantitative estimate of drug-likeness (QED) is 0.200. The highest BCUT2D eigenvalue weighted by molar-refractivity contribution is 6.38. The summed E-state index contributed by atoms with van der Waals surface area (Å²) in [5.74, 6) is 0.721. The third kappa shape index (κ3) is 3.43. The number of aromatic nitrogens is 3. The number of rotatable bonds is 3. The maximum absolute atomic E-state index is 6.55. The predicted octanol–water partition coefficient (Wildman–Crippen LogP) is 11.7. The largest absolute Gasteiger partial charge is 0.456 e. The lowest BCUT2D eigenvalue weighted by Crippen LogP contribution is -1.98. The van der Waals surface area contributed by atoms with Crippen LogP contribution in [0.15, 0.2) is 156 Å². The molecule has 3 heterocycles. The average molecular weight is 612 g/mol. The molecule has 0 saturated carbocycles. The molecule has 0 radical (unpaired) electrons. The molecule has 0 aliphatic rings. The molecule has 0 fully saturated rings. The number of hydrogen-bond donors (Lipinski definition) is 0. The molecule has 4 nitrogen and oxygen atoms in total. The van der Waals surface area contributed by atoms with Crippen LogP contribution in [-0.4, -0.2) is 14.5 Å². The van der Waals surface area contributed by atoms with Crippen molar-refractivity contribution in [3.8, 4) is 28.3 Å². The van der Waals surface area contributed by atoms with Crippen molar-refractivity contribution in [1.82, 2.24) is 14.5 Å². The molecule has 0 aliphatic heterocycles. The minimum Gasteiger partial charge on any atom is -0.456 e. The Balaban J connectivity index is 1.30. The Hall–Kier alpha value is -6.52. The molecule has 8 aromatic carbocycles. The van der Waals surface area contributed by atoms with E-state index in [1.54, 1.807) is 0 Å². The van der Waals surface area contributed by atoms with Crippen molar-refractivity contribution in [2.75, 3.05) is 0 Å². The van der Waals surface area contributed by atoms with Crippen LogP contribution in [0.2, 0.25) is 0 Å². The Bertz CT molecular complexity index is 3050. The molecule has 0 amide bonds. The lowest BCUT2D eigenvalue weighted by Gasteiger charge is -2.13. The van der Waals surface area contributed by atoms with Gasteiger partial charge in [0.2, 0.25) is 0 Å². The van der Waals surface area contributed by atoms with Crippen LogP contribution < -0.4 is 0 Å². The van der Waals surface area contributed by atoms with Crippen molar-refractivity contribution in [3.05, 3.63) is 152 Å². The fourth-order valence-electron chi connectivity index (χ4n) is 7.92. The third-order valence-corrected chi connectivity index (χ3v) is 9.94. The van der Waals surface area contributed by atoms with Crippen LogP contribution in [0.4, 0.5) is 0 Å². The van der Waals surface area contributed by atoms with Crippen LogP contribution in [0.3, 0.4) is 0 Å². The van der Waals surface area contributed by atoms with Gasteiger partial charge in [-0.3, -0.25) is 0 Å². The van der Waals surface area contributed by atoms with Gasteiger partial charge in [-0.1, -0.05) is 109 Å². The van der Waals surface area contributed by atoms with Crippen molar-refractivity contribution in [1.29, 1.82) is 0 Å². The van der Waals surface area contributed by atoms with Gasteiger partial charge in [-0.2, -0.15) is 0 Å². The Kier molecular flexibility index (Phi) is 5.08. The molecule has 0 aliphatic carbocycles. The van der Waals surface area contributed by atoms with E-state index < -0.39 is 0 Å². The summed E-state index contributed by atoms with van der Waals surface area (Å²) in [5.41, 5.74) is 9.06. The zero-order valence-corrected chi connectivity index (χ0v) is 25.7. The molecule has 0 unspecified atom stereocenters. The van der Waals surface area contributed by atoms with Crippen molar-refractivity contribution in [2.24, 2.45) is 0 Å². The van der Waals surface area contributed by atoms with Crippen LogP contribution in [0.5, 0.6) is 0 Å². The van der Waals surface area contributed by atoms with Gasteiger partial charge in [0, 0.05) is 43.7 Å². The highest BCUT2D eigenvalue weighted by Gasteiger charge is 2.23. The summed E-state index contributed by atoms with van der Waals surface area (Å²) in [4.78, 5) is 10.3.